The van der Waals surface area contributed by atoms with Gasteiger partial charge in [-0.1, -0.05) is 0 Å². The van der Waals surface area contributed by atoms with Gasteiger partial charge in [-0.25, -0.2) is 0 Å². The molecule has 2 aliphatic heterocycles. The third-order valence-electron chi connectivity index (χ3n) is 4.28. The van der Waals surface area contributed by atoms with Crippen LogP contribution in [0, 0.1) is 5.92 Å². The first-order chi connectivity index (χ1) is 10.5. The SMILES string of the molecule is Cl.O=C(CC1CCOCC1)NCC(N1CCNCC1)C(F)(F)F. The molecule has 0 aromatic rings. The van der Waals surface area contributed by atoms with Crippen molar-refractivity contribution in [1.29, 1.82) is 0 Å². The summed E-state index contributed by atoms with van der Waals surface area (Å²) in [7, 11) is 0. The number of hydrogen-bond acceptors (Lipinski definition) is 4. The fraction of sp³-hybridized carbons (Fsp3) is 0.929. The number of hydrogen-bond donors (Lipinski definition) is 2. The minimum absolute atomic E-state index is 0. The lowest BCUT2D eigenvalue weighted by Gasteiger charge is -2.36. The zero-order chi connectivity index (χ0) is 16.0. The third kappa shape index (κ3) is 6.82. The van der Waals surface area contributed by atoms with Gasteiger partial charge in [-0.15, -0.1) is 12.4 Å². The van der Waals surface area contributed by atoms with Crippen molar-refractivity contribution in [2.24, 2.45) is 5.92 Å². The van der Waals surface area contributed by atoms with Crippen molar-refractivity contribution in [3.05, 3.63) is 0 Å². The highest BCUT2D eigenvalue weighted by Gasteiger charge is 2.43. The Hall–Kier alpha value is -0.570. The lowest BCUT2D eigenvalue weighted by atomic mass is 9.96. The summed E-state index contributed by atoms with van der Waals surface area (Å²) in [6.45, 7) is 2.67. The van der Waals surface area contributed by atoms with E-state index in [4.69, 9.17) is 4.74 Å². The first kappa shape index (κ1) is 20.5. The van der Waals surface area contributed by atoms with Gasteiger partial charge in [0, 0.05) is 52.4 Å². The number of halogens is 4. The number of nitrogens with zero attached hydrogens (tertiary/aromatic N) is 1. The first-order valence-corrected chi connectivity index (χ1v) is 7.82. The molecule has 0 aromatic heterocycles. The Morgan fingerprint density at radius 3 is 2.43 bits per heavy atom. The summed E-state index contributed by atoms with van der Waals surface area (Å²) in [5, 5.41) is 5.50. The average Bonchev–Trinajstić information content (AvgIpc) is 2.48. The third-order valence-corrected chi connectivity index (χ3v) is 4.28. The van der Waals surface area contributed by atoms with Crippen LogP contribution in [0.1, 0.15) is 19.3 Å². The molecular weight excluding hydrogens is 335 g/mol. The molecule has 2 saturated heterocycles. The Labute approximate surface area is 140 Å². The summed E-state index contributed by atoms with van der Waals surface area (Å²) in [6, 6.07) is -1.60. The van der Waals surface area contributed by atoms with E-state index in [0.717, 1.165) is 12.8 Å². The van der Waals surface area contributed by atoms with Crippen LogP contribution in [0.2, 0.25) is 0 Å². The van der Waals surface area contributed by atoms with Crippen molar-refractivity contribution < 1.29 is 22.7 Å². The zero-order valence-corrected chi connectivity index (χ0v) is 13.8. The van der Waals surface area contributed by atoms with Gasteiger partial charge >= 0.3 is 6.18 Å². The van der Waals surface area contributed by atoms with E-state index in [-0.39, 0.29) is 37.2 Å². The highest BCUT2D eigenvalue weighted by atomic mass is 35.5. The van der Waals surface area contributed by atoms with E-state index in [1.807, 2.05) is 0 Å². The summed E-state index contributed by atoms with van der Waals surface area (Å²) in [5.74, 6) is -0.0754. The molecule has 0 aromatic carbocycles. The number of nitrogens with one attached hydrogen (secondary N) is 2. The second kappa shape index (κ2) is 9.66. The van der Waals surface area contributed by atoms with Gasteiger partial charge < -0.3 is 15.4 Å². The predicted octanol–water partition coefficient (Wildman–Crippen LogP) is 1.18. The van der Waals surface area contributed by atoms with Crippen LogP contribution in [0.3, 0.4) is 0 Å². The van der Waals surface area contributed by atoms with E-state index < -0.39 is 12.2 Å². The van der Waals surface area contributed by atoms with Crippen LogP contribution < -0.4 is 10.6 Å². The van der Waals surface area contributed by atoms with Crippen molar-refractivity contribution in [3.8, 4) is 0 Å². The number of amides is 1. The molecule has 2 rings (SSSR count). The normalized spacial score (nSPS) is 22.2. The fourth-order valence-electron chi connectivity index (χ4n) is 2.94. The van der Waals surface area contributed by atoms with Crippen LogP contribution in [-0.2, 0) is 9.53 Å². The molecule has 2 fully saturated rings. The summed E-state index contributed by atoms with van der Waals surface area (Å²) in [6.07, 6.45) is -2.44. The topological polar surface area (TPSA) is 53.6 Å². The molecule has 2 heterocycles. The van der Waals surface area contributed by atoms with Gasteiger partial charge in [0.15, 0.2) is 0 Å². The fourth-order valence-corrected chi connectivity index (χ4v) is 2.94. The van der Waals surface area contributed by atoms with Crippen LogP contribution in [0.15, 0.2) is 0 Å². The Kier molecular flexibility index (Phi) is 8.60. The molecule has 1 unspecified atom stereocenters. The molecule has 1 atom stereocenters. The van der Waals surface area contributed by atoms with Gasteiger partial charge in [-0.05, 0) is 18.8 Å². The number of carbonyl (C=O) groups is 1. The molecule has 2 aliphatic rings. The summed E-state index contributed by atoms with van der Waals surface area (Å²) < 4.78 is 44.8. The van der Waals surface area contributed by atoms with Crippen molar-refractivity contribution >= 4 is 18.3 Å². The molecule has 0 saturated carbocycles. The Bertz CT molecular complexity index is 360. The predicted molar refractivity (Wildman–Crippen MR) is 82.7 cm³/mol. The molecule has 136 valence electrons. The van der Waals surface area contributed by atoms with Gasteiger partial charge in [-0.3, -0.25) is 9.69 Å². The molecule has 23 heavy (non-hydrogen) atoms. The van der Waals surface area contributed by atoms with E-state index >= 15 is 0 Å². The standard InChI is InChI=1S/C14H24F3N3O2.ClH/c15-14(16,17)12(20-5-3-18-4-6-20)10-19-13(21)9-11-1-7-22-8-2-11;/h11-12,18H,1-10H2,(H,19,21);1H. The summed E-state index contributed by atoms with van der Waals surface area (Å²) >= 11 is 0. The molecule has 1 amide bonds. The lowest BCUT2D eigenvalue weighted by molar-refractivity contribution is -0.184. The average molecular weight is 360 g/mol. The zero-order valence-electron chi connectivity index (χ0n) is 13.0. The molecule has 0 aliphatic carbocycles. The Morgan fingerprint density at radius 2 is 1.87 bits per heavy atom. The van der Waals surface area contributed by atoms with Gasteiger partial charge in [0.05, 0.1) is 0 Å². The second-order valence-electron chi connectivity index (χ2n) is 5.91. The van der Waals surface area contributed by atoms with Gasteiger partial charge in [0.25, 0.3) is 0 Å². The summed E-state index contributed by atoms with van der Waals surface area (Å²) in [5.41, 5.74) is 0. The number of piperazine rings is 1. The van der Waals surface area contributed by atoms with Crippen molar-refractivity contribution in [2.75, 3.05) is 45.9 Å². The molecule has 9 heteroatoms. The Morgan fingerprint density at radius 1 is 1.26 bits per heavy atom. The second-order valence-corrected chi connectivity index (χ2v) is 5.91. The summed E-state index contributed by atoms with van der Waals surface area (Å²) in [4.78, 5) is 13.3. The van der Waals surface area contributed by atoms with Crippen molar-refractivity contribution in [1.82, 2.24) is 15.5 Å². The number of rotatable bonds is 5. The van der Waals surface area contributed by atoms with Crippen molar-refractivity contribution in [3.63, 3.8) is 0 Å². The Balaban J connectivity index is 0.00000264. The monoisotopic (exact) mass is 359 g/mol. The number of ether oxygens (including phenoxy) is 1. The van der Waals surface area contributed by atoms with E-state index in [1.54, 1.807) is 0 Å². The van der Waals surface area contributed by atoms with E-state index in [1.165, 1.54) is 4.90 Å². The molecular formula is C14H25ClF3N3O2. The van der Waals surface area contributed by atoms with Crippen LogP contribution >= 0.6 is 12.4 Å². The highest BCUT2D eigenvalue weighted by molar-refractivity contribution is 5.85. The van der Waals surface area contributed by atoms with Gasteiger partial charge in [-0.2, -0.15) is 13.2 Å². The quantitative estimate of drug-likeness (QED) is 0.774. The van der Waals surface area contributed by atoms with Crippen LogP contribution in [0.5, 0.6) is 0 Å². The van der Waals surface area contributed by atoms with Gasteiger partial charge in [0.1, 0.15) is 6.04 Å². The smallest absolute Gasteiger partial charge is 0.381 e. The molecule has 0 radical (unpaired) electrons. The van der Waals surface area contributed by atoms with Crippen molar-refractivity contribution in [2.45, 2.75) is 31.5 Å². The lowest BCUT2D eigenvalue weighted by Crippen LogP contribution is -2.57. The van der Waals surface area contributed by atoms with E-state index in [0.29, 0.717) is 39.4 Å². The largest absolute Gasteiger partial charge is 0.405 e. The first-order valence-electron chi connectivity index (χ1n) is 7.82. The van der Waals surface area contributed by atoms with Crippen LogP contribution in [0.4, 0.5) is 13.2 Å². The molecule has 0 spiro atoms. The van der Waals surface area contributed by atoms with Crippen LogP contribution in [-0.4, -0.2) is 69.0 Å². The maximum Gasteiger partial charge on any atom is 0.405 e. The van der Waals surface area contributed by atoms with E-state index in [2.05, 4.69) is 10.6 Å². The molecule has 5 nitrogen and oxygen atoms in total. The minimum atomic E-state index is -4.33. The minimum Gasteiger partial charge on any atom is -0.381 e. The molecule has 2 N–H and O–H groups in total. The molecule has 0 bridgehead atoms. The highest BCUT2D eigenvalue weighted by Crippen LogP contribution is 2.25. The van der Waals surface area contributed by atoms with E-state index in [9.17, 15) is 18.0 Å². The number of carbonyl (C=O) groups excluding carboxylic acids is 1. The maximum atomic E-state index is 13.2. The van der Waals surface area contributed by atoms with Gasteiger partial charge in [0.2, 0.25) is 5.91 Å². The van der Waals surface area contributed by atoms with Crippen LogP contribution in [0.25, 0.3) is 0 Å². The number of alkyl halides is 3. The maximum absolute atomic E-state index is 13.2.